The zero-order valence-electron chi connectivity index (χ0n) is 11.5. The van der Waals surface area contributed by atoms with Crippen molar-refractivity contribution in [3.05, 3.63) is 12.2 Å². The number of carbonyl (C=O) groups is 1. The van der Waals surface area contributed by atoms with Crippen molar-refractivity contribution in [3.8, 4) is 0 Å². The summed E-state index contributed by atoms with van der Waals surface area (Å²) in [5, 5.41) is 12.3. The largest absolute Gasteiger partial charge is 0.478 e. The molecule has 17 heavy (non-hydrogen) atoms. The monoisotopic (exact) mass is 241 g/mol. The molecule has 0 aliphatic carbocycles. The third-order valence-corrected chi connectivity index (χ3v) is 3.54. The number of hydrogen-bond donors (Lipinski definition) is 2. The fraction of sp³-hybridized carbons (Fsp3) is 0.786. The van der Waals surface area contributed by atoms with Crippen molar-refractivity contribution in [3.63, 3.8) is 0 Å². The fourth-order valence-electron chi connectivity index (χ4n) is 2.18. The van der Waals surface area contributed by atoms with Gasteiger partial charge in [-0.1, -0.05) is 33.8 Å². The first-order chi connectivity index (χ1) is 8.01. The second-order valence-corrected chi connectivity index (χ2v) is 4.68. The molecule has 0 aromatic carbocycles. The van der Waals surface area contributed by atoms with Gasteiger partial charge < -0.3 is 10.4 Å². The van der Waals surface area contributed by atoms with E-state index in [-0.39, 0.29) is 5.54 Å². The van der Waals surface area contributed by atoms with Crippen LogP contribution in [0.3, 0.4) is 0 Å². The van der Waals surface area contributed by atoms with Gasteiger partial charge in [0.15, 0.2) is 0 Å². The molecule has 0 amide bonds. The molecule has 3 nitrogen and oxygen atoms in total. The summed E-state index contributed by atoms with van der Waals surface area (Å²) in [6.07, 6.45) is 6.01. The first-order valence-corrected chi connectivity index (χ1v) is 6.67. The molecule has 0 bridgehead atoms. The topological polar surface area (TPSA) is 49.3 Å². The van der Waals surface area contributed by atoms with E-state index >= 15 is 0 Å². The van der Waals surface area contributed by atoms with Crippen molar-refractivity contribution >= 4 is 5.97 Å². The molecular formula is C14H27NO2. The second-order valence-electron chi connectivity index (χ2n) is 4.68. The van der Waals surface area contributed by atoms with Crippen LogP contribution in [0, 0.1) is 0 Å². The molecule has 0 atom stereocenters. The maximum atomic E-state index is 10.6. The molecule has 0 saturated heterocycles. The smallest absolute Gasteiger partial charge is 0.330 e. The van der Waals surface area contributed by atoms with Gasteiger partial charge in [0.05, 0.1) is 0 Å². The number of rotatable bonds is 10. The minimum Gasteiger partial charge on any atom is -0.478 e. The van der Waals surface area contributed by atoms with E-state index < -0.39 is 5.97 Å². The Balaban J connectivity index is 3.98. The Kier molecular flexibility index (Phi) is 7.88. The van der Waals surface area contributed by atoms with Crippen molar-refractivity contribution in [2.75, 3.05) is 6.54 Å². The maximum Gasteiger partial charge on any atom is 0.330 e. The summed E-state index contributed by atoms with van der Waals surface area (Å²) < 4.78 is 0. The Morgan fingerprint density at radius 2 is 1.88 bits per heavy atom. The summed E-state index contributed by atoms with van der Waals surface area (Å²) in [5.74, 6) is -0.879. The maximum absolute atomic E-state index is 10.6. The predicted molar refractivity (Wildman–Crippen MR) is 72.2 cm³/mol. The Hall–Kier alpha value is -0.830. The first kappa shape index (κ1) is 16.2. The van der Waals surface area contributed by atoms with Crippen LogP contribution in [0.25, 0.3) is 0 Å². The third-order valence-electron chi connectivity index (χ3n) is 3.54. The summed E-state index contributed by atoms with van der Waals surface area (Å²) in [6, 6.07) is 0. The van der Waals surface area contributed by atoms with Crippen molar-refractivity contribution in [1.82, 2.24) is 5.32 Å². The van der Waals surface area contributed by atoms with Crippen molar-refractivity contribution in [2.45, 2.75) is 64.8 Å². The summed E-state index contributed by atoms with van der Waals surface area (Å²) in [4.78, 5) is 10.6. The van der Waals surface area contributed by atoms with E-state index in [1.54, 1.807) is 0 Å². The highest BCUT2D eigenvalue weighted by Crippen LogP contribution is 2.21. The van der Waals surface area contributed by atoms with Crippen LogP contribution in [0.2, 0.25) is 0 Å². The molecule has 0 aromatic heterocycles. The van der Waals surface area contributed by atoms with Gasteiger partial charge in [-0.2, -0.15) is 0 Å². The van der Waals surface area contributed by atoms with Gasteiger partial charge in [-0.15, -0.1) is 0 Å². The van der Waals surface area contributed by atoms with Gasteiger partial charge >= 0.3 is 5.97 Å². The van der Waals surface area contributed by atoms with E-state index in [2.05, 4.69) is 32.7 Å². The highest BCUT2D eigenvalue weighted by molar-refractivity contribution is 5.85. The second kappa shape index (κ2) is 8.29. The SMILES string of the molecule is C=C(CCCNC(CC)(CC)CCC)C(=O)O. The number of carboxylic acids is 1. The molecule has 0 saturated carbocycles. The fourth-order valence-corrected chi connectivity index (χ4v) is 2.18. The van der Waals surface area contributed by atoms with Gasteiger partial charge in [0, 0.05) is 11.1 Å². The molecule has 0 aromatic rings. The van der Waals surface area contributed by atoms with E-state index in [1.165, 1.54) is 12.8 Å². The average molecular weight is 241 g/mol. The highest BCUT2D eigenvalue weighted by Gasteiger charge is 2.23. The van der Waals surface area contributed by atoms with E-state index in [9.17, 15) is 4.79 Å². The number of hydrogen-bond acceptors (Lipinski definition) is 2. The lowest BCUT2D eigenvalue weighted by molar-refractivity contribution is -0.132. The van der Waals surface area contributed by atoms with Gasteiger partial charge in [0.1, 0.15) is 0 Å². The Morgan fingerprint density at radius 1 is 1.29 bits per heavy atom. The molecule has 0 aliphatic heterocycles. The minimum absolute atomic E-state index is 0.235. The van der Waals surface area contributed by atoms with Crippen LogP contribution in [0.1, 0.15) is 59.3 Å². The van der Waals surface area contributed by atoms with Crippen LogP contribution in [0.4, 0.5) is 0 Å². The predicted octanol–water partition coefficient (Wildman–Crippen LogP) is 3.36. The molecule has 3 heteroatoms. The standard InChI is InChI=1S/C14H27NO2/c1-5-10-14(6-2,7-3)15-11-8-9-12(4)13(16)17/h15H,4-11H2,1-3H3,(H,16,17). The zero-order chi connectivity index (χ0) is 13.3. The molecule has 0 heterocycles. The average Bonchev–Trinajstić information content (AvgIpc) is 2.32. The Bertz CT molecular complexity index is 245. The molecule has 100 valence electrons. The zero-order valence-corrected chi connectivity index (χ0v) is 11.5. The van der Waals surface area contributed by atoms with Crippen LogP contribution in [-0.2, 0) is 4.79 Å². The highest BCUT2D eigenvalue weighted by atomic mass is 16.4. The molecule has 0 rings (SSSR count). The van der Waals surface area contributed by atoms with Gasteiger partial charge in [0.2, 0.25) is 0 Å². The normalized spacial score (nSPS) is 11.5. The quantitative estimate of drug-likeness (QED) is 0.455. The lowest BCUT2D eigenvalue weighted by Crippen LogP contribution is -2.44. The van der Waals surface area contributed by atoms with Crippen LogP contribution >= 0.6 is 0 Å². The Morgan fingerprint density at radius 3 is 2.29 bits per heavy atom. The van der Waals surface area contributed by atoms with Crippen LogP contribution in [0.15, 0.2) is 12.2 Å². The van der Waals surface area contributed by atoms with Gasteiger partial charge in [0.25, 0.3) is 0 Å². The molecule has 0 fully saturated rings. The van der Waals surface area contributed by atoms with Crippen molar-refractivity contribution in [2.24, 2.45) is 0 Å². The summed E-state index contributed by atoms with van der Waals surface area (Å²) in [7, 11) is 0. The summed E-state index contributed by atoms with van der Waals surface area (Å²) >= 11 is 0. The Labute approximate surface area is 105 Å². The van der Waals surface area contributed by atoms with Crippen LogP contribution in [0.5, 0.6) is 0 Å². The molecular weight excluding hydrogens is 214 g/mol. The number of carboxylic acid groups (broad SMARTS) is 1. The molecule has 0 radical (unpaired) electrons. The minimum atomic E-state index is -0.879. The van der Waals surface area contributed by atoms with Crippen molar-refractivity contribution in [1.29, 1.82) is 0 Å². The van der Waals surface area contributed by atoms with E-state index in [0.717, 1.165) is 25.8 Å². The molecule has 2 N–H and O–H groups in total. The van der Waals surface area contributed by atoms with E-state index in [4.69, 9.17) is 5.11 Å². The number of nitrogens with one attached hydrogen (secondary N) is 1. The molecule has 0 spiro atoms. The van der Waals surface area contributed by atoms with Gasteiger partial charge in [-0.3, -0.25) is 0 Å². The van der Waals surface area contributed by atoms with Crippen LogP contribution in [-0.4, -0.2) is 23.2 Å². The van der Waals surface area contributed by atoms with E-state index in [0.29, 0.717) is 12.0 Å². The van der Waals surface area contributed by atoms with Crippen LogP contribution < -0.4 is 5.32 Å². The molecule has 0 unspecified atom stereocenters. The first-order valence-electron chi connectivity index (χ1n) is 6.67. The van der Waals surface area contributed by atoms with E-state index in [1.807, 2.05) is 0 Å². The van der Waals surface area contributed by atoms with Gasteiger partial charge in [-0.25, -0.2) is 4.79 Å². The number of aliphatic carboxylic acids is 1. The summed E-state index contributed by atoms with van der Waals surface area (Å²) in [5.41, 5.74) is 0.542. The lowest BCUT2D eigenvalue weighted by Gasteiger charge is -2.33. The van der Waals surface area contributed by atoms with Gasteiger partial charge in [-0.05, 0) is 38.6 Å². The summed E-state index contributed by atoms with van der Waals surface area (Å²) in [6.45, 7) is 11.0. The third kappa shape index (κ3) is 5.87. The van der Waals surface area contributed by atoms with Crippen molar-refractivity contribution < 1.29 is 9.90 Å². The molecule has 0 aliphatic rings. The lowest BCUT2D eigenvalue weighted by atomic mass is 9.87.